The number of nitrogens with zero attached hydrogens (tertiary/aromatic N) is 1. The number of aromatic hydroxyl groups is 1. The van der Waals surface area contributed by atoms with E-state index in [9.17, 15) is 9.90 Å². The van der Waals surface area contributed by atoms with Crippen LogP contribution >= 0.6 is 15.9 Å². The molecule has 3 aromatic rings. The lowest BCUT2D eigenvalue weighted by Crippen LogP contribution is -2.43. The standard InChI is InChI=1S/C20H15BrN2O2/c21-15-10-6-12-17(24)18(15)19-22-16-11-5-4-9-14(16)20(25)23(19)13-7-2-1-3-8-13/h1-12,19,22,24H. The predicted molar refractivity (Wildman–Crippen MR) is 102 cm³/mol. The Bertz CT molecular complexity index is 923. The number of halogens is 1. The molecule has 0 saturated heterocycles. The van der Waals surface area contributed by atoms with E-state index in [0.29, 0.717) is 11.1 Å². The normalized spacial score (nSPS) is 16.3. The van der Waals surface area contributed by atoms with Crippen LogP contribution in [0.25, 0.3) is 0 Å². The Hall–Kier alpha value is -2.79. The smallest absolute Gasteiger partial charge is 0.262 e. The second-order valence-electron chi connectivity index (χ2n) is 5.78. The first-order valence-electron chi connectivity index (χ1n) is 7.88. The van der Waals surface area contributed by atoms with Crippen LogP contribution in [0.2, 0.25) is 0 Å². The molecule has 1 unspecified atom stereocenters. The molecule has 4 nitrogen and oxygen atoms in total. The quantitative estimate of drug-likeness (QED) is 0.647. The number of hydrogen-bond acceptors (Lipinski definition) is 3. The third kappa shape index (κ3) is 2.66. The summed E-state index contributed by atoms with van der Waals surface area (Å²) in [5.41, 5.74) is 2.73. The third-order valence-electron chi connectivity index (χ3n) is 4.26. The maximum absolute atomic E-state index is 13.2. The predicted octanol–water partition coefficient (Wildman–Crippen LogP) is 4.93. The molecular weight excluding hydrogens is 380 g/mol. The van der Waals surface area contributed by atoms with E-state index in [0.717, 1.165) is 15.8 Å². The summed E-state index contributed by atoms with van der Waals surface area (Å²) in [6.45, 7) is 0. The van der Waals surface area contributed by atoms with Crippen molar-refractivity contribution in [3.05, 3.63) is 88.4 Å². The van der Waals surface area contributed by atoms with Crippen molar-refractivity contribution >= 4 is 33.2 Å². The number of hydrogen-bond donors (Lipinski definition) is 2. The fourth-order valence-corrected chi connectivity index (χ4v) is 3.68. The van der Waals surface area contributed by atoms with Gasteiger partial charge in [-0.05, 0) is 36.4 Å². The van der Waals surface area contributed by atoms with E-state index in [4.69, 9.17) is 0 Å². The zero-order valence-electron chi connectivity index (χ0n) is 13.2. The van der Waals surface area contributed by atoms with Crippen LogP contribution in [-0.2, 0) is 0 Å². The Morgan fingerprint density at radius 2 is 1.64 bits per heavy atom. The van der Waals surface area contributed by atoms with Gasteiger partial charge in [0.15, 0.2) is 0 Å². The van der Waals surface area contributed by atoms with Crippen LogP contribution < -0.4 is 10.2 Å². The fraction of sp³-hybridized carbons (Fsp3) is 0.0500. The molecule has 1 amide bonds. The van der Waals surface area contributed by atoms with Gasteiger partial charge in [-0.25, -0.2) is 0 Å². The highest BCUT2D eigenvalue weighted by Gasteiger charge is 2.36. The van der Waals surface area contributed by atoms with Crippen LogP contribution in [0.1, 0.15) is 22.1 Å². The van der Waals surface area contributed by atoms with E-state index in [1.807, 2.05) is 54.6 Å². The average molecular weight is 395 g/mol. The zero-order valence-corrected chi connectivity index (χ0v) is 14.8. The van der Waals surface area contributed by atoms with Gasteiger partial charge in [-0.1, -0.05) is 52.3 Å². The molecule has 1 aliphatic heterocycles. The maximum atomic E-state index is 13.2. The molecule has 0 saturated carbocycles. The van der Waals surface area contributed by atoms with E-state index in [-0.39, 0.29) is 11.7 Å². The number of carbonyl (C=O) groups excluding carboxylic acids is 1. The van der Waals surface area contributed by atoms with Gasteiger partial charge in [0.25, 0.3) is 5.91 Å². The average Bonchev–Trinajstić information content (AvgIpc) is 2.62. The molecule has 1 aliphatic rings. The first-order chi connectivity index (χ1) is 12.2. The van der Waals surface area contributed by atoms with Gasteiger partial charge >= 0.3 is 0 Å². The molecule has 124 valence electrons. The minimum absolute atomic E-state index is 0.110. The van der Waals surface area contributed by atoms with Crippen molar-refractivity contribution in [3.8, 4) is 5.75 Å². The number of rotatable bonds is 2. The van der Waals surface area contributed by atoms with Crippen LogP contribution in [0, 0.1) is 0 Å². The summed E-state index contributed by atoms with van der Waals surface area (Å²) in [4.78, 5) is 14.9. The van der Waals surface area contributed by atoms with Crippen molar-refractivity contribution in [2.24, 2.45) is 0 Å². The number of para-hydroxylation sites is 2. The van der Waals surface area contributed by atoms with Gasteiger partial charge in [-0.15, -0.1) is 0 Å². The highest BCUT2D eigenvalue weighted by molar-refractivity contribution is 9.10. The van der Waals surface area contributed by atoms with Crippen LogP contribution in [0.15, 0.2) is 77.3 Å². The number of phenolic OH excluding ortho intramolecular Hbond substituents is 1. The van der Waals surface area contributed by atoms with Gasteiger partial charge in [0, 0.05) is 15.8 Å². The van der Waals surface area contributed by atoms with Gasteiger partial charge in [-0.2, -0.15) is 0 Å². The Morgan fingerprint density at radius 1 is 0.920 bits per heavy atom. The lowest BCUT2D eigenvalue weighted by atomic mass is 10.0. The second kappa shape index (κ2) is 6.26. The van der Waals surface area contributed by atoms with Gasteiger partial charge in [0.1, 0.15) is 11.9 Å². The highest BCUT2D eigenvalue weighted by atomic mass is 79.9. The Kier molecular flexibility index (Phi) is 3.93. The monoisotopic (exact) mass is 394 g/mol. The van der Waals surface area contributed by atoms with Crippen molar-refractivity contribution in [3.63, 3.8) is 0 Å². The number of benzene rings is 3. The number of anilines is 2. The minimum Gasteiger partial charge on any atom is -0.507 e. The summed E-state index contributed by atoms with van der Waals surface area (Å²) in [6, 6.07) is 22.1. The van der Waals surface area contributed by atoms with E-state index >= 15 is 0 Å². The van der Waals surface area contributed by atoms with E-state index < -0.39 is 6.17 Å². The molecule has 3 aromatic carbocycles. The summed E-state index contributed by atoms with van der Waals surface area (Å²) in [7, 11) is 0. The lowest BCUT2D eigenvalue weighted by molar-refractivity contribution is 0.0974. The number of phenols is 1. The summed E-state index contributed by atoms with van der Waals surface area (Å²) < 4.78 is 0.734. The summed E-state index contributed by atoms with van der Waals surface area (Å²) >= 11 is 3.50. The molecule has 0 bridgehead atoms. The molecule has 1 heterocycles. The first-order valence-corrected chi connectivity index (χ1v) is 8.67. The SMILES string of the molecule is O=C1c2ccccc2NC(c2c(O)cccc2Br)N1c1ccccc1. The summed E-state index contributed by atoms with van der Waals surface area (Å²) in [5, 5.41) is 13.8. The topological polar surface area (TPSA) is 52.6 Å². The first kappa shape index (κ1) is 15.7. The van der Waals surface area contributed by atoms with Crippen molar-refractivity contribution in [1.82, 2.24) is 0 Å². The van der Waals surface area contributed by atoms with Crippen molar-refractivity contribution in [2.45, 2.75) is 6.17 Å². The highest BCUT2D eigenvalue weighted by Crippen LogP contribution is 2.41. The Morgan fingerprint density at radius 3 is 2.40 bits per heavy atom. The number of carbonyl (C=O) groups is 1. The molecule has 4 rings (SSSR count). The Balaban J connectivity index is 1.93. The molecule has 5 heteroatoms. The largest absolute Gasteiger partial charge is 0.507 e. The van der Waals surface area contributed by atoms with E-state index in [1.165, 1.54) is 0 Å². The Labute approximate surface area is 153 Å². The van der Waals surface area contributed by atoms with Gasteiger partial charge in [0.05, 0.1) is 11.1 Å². The van der Waals surface area contributed by atoms with Crippen LogP contribution in [0.5, 0.6) is 5.75 Å². The van der Waals surface area contributed by atoms with Crippen LogP contribution in [-0.4, -0.2) is 11.0 Å². The number of fused-ring (bicyclic) bond motifs is 1. The van der Waals surface area contributed by atoms with E-state index in [1.54, 1.807) is 23.1 Å². The summed E-state index contributed by atoms with van der Waals surface area (Å²) in [5.74, 6) is 0.0145. The number of amides is 1. The minimum atomic E-state index is -0.527. The molecule has 0 aromatic heterocycles. The van der Waals surface area contributed by atoms with Gasteiger partial charge in [-0.3, -0.25) is 9.69 Å². The molecule has 0 spiro atoms. The van der Waals surface area contributed by atoms with Crippen LogP contribution in [0.3, 0.4) is 0 Å². The van der Waals surface area contributed by atoms with Crippen molar-refractivity contribution in [2.75, 3.05) is 10.2 Å². The van der Waals surface area contributed by atoms with Crippen molar-refractivity contribution < 1.29 is 9.90 Å². The molecule has 1 atom stereocenters. The fourth-order valence-electron chi connectivity index (χ4n) is 3.11. The second-order valence-corrected chi connectivity index (χ2v) is 6.63. The molecule has 2 N–H and O–H groups in total. The molecule has 25 heavy (non-hydrogen) atoms. The van der Waals surface area contributed by atoms with Gasteiger partial charge in [0.2, 0.25) is 0 Å². The lowest BCUT2D eigenvalue weighted by Gasteiger charge is -2.38. The molecule has 0 radical (unpaired) electrons. The maximum Gasteiger partial charge on any atom is 0.262 e. The van der Waals surface area contributed by atoms with Crippen LogP contribution in [0.4, 0.5) is 11.4 Å². The third-order valence-corrected chi connectivity index (χ3v) is 4.96. The zero-order chi connectivity index (χ0) is 17.4. The van der Waals surface area contributed by atoms with Gasteiger partial charge < -0.3 is 10.4 Å². The molecule has 0 fully saturated rings. The van der Waals surface area contributed by atoms with E-state index in [2.05, 4.69) is 21.2 Å². The molecule has 0 aliphatic carbocycles. The number of nitrogens with one attached hydrogen (secondary N) is 1. The van der Waals surface area contributed by atoms with Crippen molar-refractivity contribution in [1.29, 1.82) is 0 Å². The molecular formula is C20H15BrN2O2. The summed E-state index contributed by atoms with van der Waals surface area (Å²) in [6.07, 6.45) is -0.527.